The van der Waals surface area contributed by atoms with Crippen molar-refractivity contribution < 1.29 is 0 Å². The van der Waals surface area contributed by atoms with Crippen LogP contribution in [0.15, 0.2) is 17.4 Å². The number of guanidine groups is 1. The molecule has 1 fully saturated rings. The van der Waals surface area contributed by atoms with E-state index >= 15 is 0 Å². The van der Waals surface area contributed by atoms with Gasteiger partial charge in [0.25, 0.3) is 0 Å². The molecule has 0 radical (unpaired) electrons. The van der Waals surface area contributed by atoms with Gasteiger partial charge in [-0.2, -0.15) is 5.10 Å². The van der Waals surface area contributed by atoms with Crippen LogP contribution in [0, 0.1) is 0 Å². The van der Waals surface area contributed by atoms with Gasteiger partial charge < -0.3 is 15.5 Å². The lowest BCUT2D eigenvalue weighted by Crippen LogP contribution is -2.41. The molecule has 0 saturated carbocycles. The lowest BCUT2D eigenvalue weighted by Gasteiger charge is -2.28. The van der Waals surface area contributed by atoms with Crippen LogP contribution in [-0.2, 0) is 7.05 Å². The first-order valence-electron chi connectivity index (χ1n) is 7.28. The number of aryl methyl sites for hydroxylation is 1. The lowest BCUT2D eigenvalue weighted by molar-refractivity contribution is 0.302. The van der Waals surface area contributed by atoms with Crippen molar-refractivity contribution in [3.63, 3.8) is 0 Å². The van der Waals surface area contributed by atoms with Crippen LogP contribution in [0.2, 0.25) is 0 Å². The summed E-state index contributed by atoms with van der Waals surface area (Å²) in [6.07, 6.45) is 7.68. The molecule has 6 heteroatoms. The van der Waals surface area contributed by atoms with Crippen LogP contribution in [0.4, 0.5) is 0 Å². The van der Waals surface area contributed by atoms with Gasteiger partial charge in [-0.05, 0) is 33.4 Å². The Hall–Kier alpha value is -1.56. The highest BCUT2D eigenvalue weighted by Crippen LogP contribution is 2.18. The first-order valence-corrected chi connectivity index (χ1v) is 7.28. The maximum absolute atomic E-state index is 6.12. The molecule has 0 spiro atoms. The number of hydrogen-bond acceptors (Lipinski definition) is 3. The number of hydrogen-bond donors (Lipinski definition) is 1. The number of aromatic nitrogens is 2. The van der Waals surface area contributed by atoms with Gasteiger partial charge in [0.1, 0.15) is 0 Å². The van der Waals surface area contributed by atoms with Crippen molar-refractivity contribution in [2.24, 2.45) is 17.8 Å². The SMILES string of the molecule is CN(C)C(CN=C(N)N1CCCCC1)c1cnn(C)c1. The number of aliphatic imine (C=N–C) groups is 1. The van der Waals surface area contributed by atoms with E-state index in [-0.39, 0.29) is 6.04 Å². The summed E-state index contributed by atoms with van der Waals surface area (Å²) in [7, 11) is 6.05. The van der Waals surface area contributed by atoms with Gasteiger partial charge in [0.2, 0.25) is 0 Å². The Bertz CT molecular complexity index is 444. The van der Waals surface area contributed by atoms with E-state index in [2.05, 4.69) is 34.0 Å². The molecule has 112 valence electrons. The second-order valence-electron chi connectivity index (χ2n) is 5.67. The molecule has 2 heterocycles. The monoisotopic (exact) mass is 278 g/mol. The quantitative estimate of drug-likeness (QED) is 0.654. The van der Waals surface area contributed by atoms with Crippen LogP contribution in [0.25, 0.3) is 0 Å². The Kier molecular flexibility index (Phi) is 5.00. The first-order chi connectivity index (χ1) is 9.58. The minimum Gasteiger partial charge on any atom is -0.370 e. The van der Waals surface area contributed by atoms with Gasteiger partial charge in [0.15, 0.2) is 5.96 Å². The highest BCUT2D eigenvalue weighted by Gasteiger charge is 2.17. The third kappa shape index (κ3) is 3.72. The number of likely N-dealkylation sites (tertiary alicyclic amines) is 1. The summed E-state index contributed by atoms with van der Waals surface area (Å²) in [5.41, 5.74) is 7.29. The molecule has 6 nitrogen and oxygen atoms in total. The van der Waals surface area contributed by atoms with Crippen molar-refractivity contribution in [3.8, 4) is 0 Å². The molecule has 2 N–H and O–H groups in total. The number of likely N-dealkylation sites (N-methyl/N-ethyl adjacent to an activating group) is 1. The summed E-state index contributed by atoms with van der Waals surface area (Å²) >= 11 is 0. The zero-order chi connectivity index (χ0) is 14.5. The summed E-state index contributed by atoms with van der Waals surface area (Å²) in [6, 6.07) is 0.215. The molecule has 0 aliphatic carbocycles. The zero-order valence-corrected chi connectivity index (χ0v) is 12.8. The molecule has 0 aromatic carbocycles. The van der Waals surface area contributed by atoms with E-state index in [1.54, 1.807) is 0 Å². The third-order valence-electron chi connectivity index (χ3n) is 3.84. The van der Waals surface area contributed by atoms with E-state index in [9.17, 15) is 0 Å². The van der Waals surface area contributed by atoms with Crippen molar-refractivity contribution in [3.05, 3.63) is 18.0 Å². The minimum atomic E-state index is 0.215. The summed E-state index contributed by atoms with van der Waals surface area (Å²) < 4.78 is 1.82. The molecule has 1 saturated heterocycles. The molecule has 1 aromatic rings. The summed E-state index contributed by atoms with van der Waals surface area (Å²) in [5, 5.41) is 4.24. The van der Waals surface area contributed by atoms with Gasteiger partial charge in [-0.25, -0.2) is 0 Å². The van der Waals surface area contributed by atoms with Crippen LogP contribution in [0.5, 0.6) is 0 Å². The van der Waals surface area contributed by atoms with E-state index in [0.717, 1.165) is 13.1 Å². The van der Waals surface area contributed by atoms with Crippen LogP contribution >= 0.6 is 0 Å². The van der Waals surface area contributed by atoms with Crippen molar-refractivity contribution in [1.29, 1.82) is 0 Å². The largest absolute Gasteiger partial charge is 0.370 e. The van der Waals surface area contributed by atoms with Gasteiger partial charge in [0.05, 0.1) is 18.8 Å². The Balaban J connectivity index is 2.01. The second kappa shape index (κ2) is 6.74. The van der Waals surface area contributed by atoms with Crippen LogP contribution in [-0.4, -0.2) is 59.3 Å². The Morgan fingerprint density at radius 3 is 2.65 bits per heavy atom. The average Bonchev–Trinajstić information content (AvgIpc) is 2.86. The maximum atomic E-state index is 6.12. The molecular formula is C14H26N6. The number of piperidine rings is 1. The highest BCUT2D eigenvalue weighted by molar-refractivity contribution is 5.78. The van der Waals surface area contributed by atoms with Gasteiger partial charge in [-0.1, -0.05) is 0 Å². The number of nitrogens with zero attached hydrogens (tertiary/aromatic N) is 5. The molecule has 20 heavy (non-hydrogen) atoms. The van der Waals surface area contributed by atoms with Crippen molar-refractivity contribution >= 4 is 5.96 Å². The predicted molar refractivity (Wildman–Crippen MR) is 81.5 cm³/mol. The molecule has 1 aliphatic heterocycles. The average molecular weight is 278 g/mol. The lowest BCUT2D eigenvalue weighted by atomic mass is 10.1. The van der Waals surface area contributed by atoms with E-state index in [0.29, 0.717) is 12.5 Å². The van der Waals surface area contributed by atoms with Crippen molar-refractivity contribution in [2.75, 3.05) is 33.7 Å². The Morgan fingerprint density at radius 2 is 2.10 bits per heavy atom. The summed E-state index contributed by atoms with van der Waals surface area (Å²) in [5.74, 6) is 0.681. The standard InChI is InChI=1S/C14H26N6/c1-18(2)13(12-9-17-19(3)11-12)10-16-14(15)20-7-5-4-6-8-20/h9,11,13H,4-8,10H2,1-3H3,(H2,15,16). The molecule has 1 atom stereocenters. The molecular weight excluding hydrogens is 252 g/mol. The number of nitrogens with two attached hydrogens (primary N) is 1. The molecule has 0 bridgehead atoms. The van der Waals surface area contributed by atoms with Crippen molar-refractivity contribution in [1.82, 2.24) is 19.6 Å². The van der Waals surface area contributed by atoms with Crippen LogP contribution < -0.4 is 5.73 Å². The summed E-state index contributed by atoms with van der Waals surface area (Å²) in [4.78, 5) is 8.95. The first kappa shape index (κ1) is 14.8. The van der Waals surface area contributed by atoms with E-state index < -0.39 is 0 Å². The number of rotatable bonds is 4. The second-order valence-corrected chi connectivity index (χ2v) is 5.67. The van der Waals surface area contributed by atoms with Crippen LogP contribution in [0.1, 0.15) is 30.9 Å². The molecule has 2 rings (SSSR count). The van der Waals surface area contributed by atoms with Gasteiger partial charge >= 0.3 is 0 Å². The van der Waals surface area contributed by atoms with Gasteiger partial charge in [-0.3, -0.25) is 9.67 Å². The summed E-state index contributed by atoms with van der Waals surface area (Å²) in [6.45, 7) is 2.74. The Morgan fingerprint density at radius 1 is 1.40 bits per heavy atom. The van der Waals surface area contributed by atoms with E-state index in [4.69, 9.17) is 5.73 Å². The van der Waals surface area contributed by atoms with E-state index in [1.807, 2.05) is 24.1 Å². The maximum Gasteiger partial charge on any atom is 0.191 e. The minimum absolute atomic E-state index is 0.215. The fourth-order valence-corrected chi connectivity index (χ4v) is 2.58. The molecule has 1 unspecified atom stereocenters. The van der Waals surface area contributed by atoms with Crippen LogP contribution in [0.3, 0.4) is 0 Å². The van der Waals surface area contributed by atoms with Crippen molar-refractivity contribution in [2.45, 2.75) is 25.3 Å². The fraction of sp³-hybridized carbons (Fsp3) is 0.714. The smallest absolute Gasteiger partial charge is 0.191 e. The third-order valence-corrected chi connectivity index (χ3v) is 3.84. The van der Waals surface area contributed by atoms with Gasteiger partial charge in [0, 0.05) is 31.9 Å². The predicted octanol–water partition coefficient (Wildman–Crippen LogP) is 0.823. The van der Waals surface area contributed by atoms with Gasteiger partial charge in [-0.15, -0.1) is 0 Å². The normalized spacial score (nSPS) is 18.6. The highest BCUT2D eigenvalue weighted by atomic mass is 15.3. The fourth-order valence-electron chi connectivity index (χ4n) is 2.58. The topological polar surface area (TPSA) is 62.7 Å². The molecule has 0 amide bonds. The molecule has 1 aromatic heterocycles. The molecule has 1 aliphatic rings. The Labute approximate surface area is 121 Å². The van der Waals surface area contributed by atoms with E-state index in [1.165, 1.54) is 24.8 Å². The zero-order valence-electron chi connectivity index (χ0n) is 12.8.